The Bertz CT molecular complexity index is 298. The van der Waals surface area contributed by atoms with Crippen LogP contribution in [-0.4, -0.2) is 57.9 Å². The zero-order valence-electron chi connectivity index (χ0n) is 13.3. The largest absolute Gasteiger partial charge is 0.382 e. The second-order valence-corrected chi connectivity index (χ2v) is 5.15. The quantitative estimate of drug-likeness (QED) is 0.427. The summed E-state index contributed by atoms with van der Waals surface area (Å²) in [6.45, 7) is 6.08. The smallest absolute Gasteiger partial charge is 0.239 e. The van der Waals surface area contributed by atoms with E-state index in [0.717, 1.165) is 12.8 Å². The maximum atomic E-state index is 11.5. The lowest BCUT2D eigenvalue weighted by Crippen LogP contribution is -2.47. The molecule has 0 bridgehead atoms. The lowest BCUT2D eigenvalue weighted by atomic mass is 10.1. The molecule has 7 nitrogen and oxygen atoms in total. The molecule has 0 fully saturated rings. The number of rotatable bonds is 12. The molecule has 124 valence electrons. The van der Waals surface area contributed by atoms with E-state index in [1.54, 1.807) is 7.11 Å². The van der Waals surface area contributed by atoms with Crippen molar-refractivity contribution in [2.75, 3.05) is 40.0 Å². The van der Waals surface area contributed by atoms with Crippen molar-refractivity contribution < 1.29 is 19.1 Å². The molecule has 0 aliphatic rings. The fraction of sp³-hybridized carbons (Fsp3) is 0.857. The summed E-state index contributed by atoms with van der Waals surface area (Å²) >= 11 is 0. The fourth-order valence-electron chi connectivity index (χ4n) is 1.45. The number of hydrogen-bond acceptors (Lipinski definition) is 5. The van der Waals surface area contributed by atoms with E-state index in [1.165, 1.54) is 0 Å². The monoisotopic (exact) mass is 303 g/mol. The third-order valence-electron chi connectivity index (χ3n) is 2.91. The summed E-state index contributed by atoms with van der Waals surface area (Å²) in [6, 6.07) is -0.581. The number of methoxy groups -OCH3 is 1. The van der Waals surface area contributed by atoms with Gasteiger partial charge in [0.2, 0.25) is 11.8 Å². The Morgan fingerprint density at radius 3 is 2.43 bits per heavy atom. The molecular weight excluding hydrogens is 274 g/mol. The van der Waals surface area contributed by atoms with E-state index in [4.69, 9.17) is 15.2 Å². The summed E-state index contributed by atoms with van der Waals surface area (Å²) < 4.78 is 10.2. The number of hydrogen-bond donors (Lipinski definition) is 3. The average Bonchev–Trinajstić information content (AvgIpc) is 2.46. The van der Waals surface area contributed by atoms with Gasteiger partial charge < -0.3 is 25.8 Å². The van der Waals surface area contributed by atoms with Crippen LogP contribution in [0, 0.1) is 5.92 Å². The summed E-state index contributed by atoms with van der Waals surface area (Å²) in [7, 11) is 1.63. The number of carbonyl (C=O) groups is 2. The van der Waals surface area contributed by atoms with E-state index in [9.17, 15) is 9.59 Å². The molecule has 0 aliphatic carbocycles. The zero-order valence-corrected chi connectivity index (χ0v) is 13.3. The molecule has 4 N–H and O–H groups in total. The summed E-state index contributed by atoms with van der Waals surface area (Å²) in [5.41, 5.74) is 5.67. The third-order valence-corrected chi connectivity index (χ3v) is 2.91. The molecule has 0 saturated heterocycles. The highest BCUT2D eigenvalue weighted by Gasteiger charge is 2.17. The van der Waals surface area contributed by atoms with Gasteiger partial charge in [-0.15, -0.1) is 0 Å². The molecule has 2 amide bonds. The zero-order chi connectivity index (χ0) is 16.1. The molecule has 1 atom stereocenters. The Morgan fingerprint density at radius 2 is 1.81 bits per heavy atom. The summed E-state index contributed by atoms with van der Waals surface area (Å²) in [5, 5.41) is 5.26. The van der Waals surface area contributed by atoms with Gasteiger partial charge in [-0.1, -0.05) is 13.8 Å². The fourth-order valence-corrected chi connectivity index (χ4v) is 1.45. The molecule has 0 aromatic heterocycles. The minimum atomic E-state index is -0.581. The predicted molar refractivity (Wildman–Crippen MR) is 80.8 cm³/mol. The number of nitrogens with one attached hydrogen (secondary N) is 2. The maximum Gasteiger partial charge on any atom is 0.239 e. The van der Waals surface area contributed by atoms with Gasteiger partial charge in [0.05, 0.1) is 25.8 Å². The average molecular weight is 303 g/mol. The molecule has 0 rings (SSSR count). The van der Waals surface area contributed by atoms with E-state index in [0.29, 0.717) is 26.4 Å². The van der Waals surface area contributed by atoms with Gasteiger partial charge in [0.15, 0.2) is 0 Å². The molecule has 0 aromatic carbocycles. The van der Waals surface area contributed by atoms with Crippen LogP contribution in [0.2, 0.25) is 0 Å². The van der Waals surface area contributed by atoms with Crippen molar-refractivity contribution in [3.8, 4) is 0 Å². The molecule has 0 unspecified atom stereocenters. The molecular formula is C14H29N3O4. The van der Waals surface area contributed by atoms with Crippen LogP contribution in [0.25, 0.3) is 0 Å². The minimum absolute atomic E-state index is 0.0381. The van der Waals surface area contributed by atoms with Gasteiger partial charge in [0.25, 0.3) is 0 Å². The lowest BCUT2D eigenvalue weighted by molar-refractivity contribution is -0.127. The van der Waals surface area contributed by atoms with E-state index in [-0.39, 0.29) is 24.3 Å². The van der Waals surface area contributed by atoms with Gasteiger partial charge in [-0.2, -0.15) is 0 Å². The Kier molecular flexibility index (Phi) is 11.8. The number of carbonyl (C=O) groups excluding carboxylic acids is 2. The summed E-state index contributed by atoms with van der Waals surface area (Å²) in [6.07, 6.45) is 1.70. The van der Waals surface area contributed by atoms with Crippen molar-refractivity contribution in [2.45, 2.75) is 32.7 Å². The van der Waals surface area contributed by atoms with E-state index in [1.807, 2.05) is 13.8 Å². The van der Waals surface area contributed by atoms with Gasteiger partial charge in [0, 0.05) is 20.3 Å². The highest BCUT2D eigenvalue weighted by molar-refractivity contribution is 5.87. The van der Waals surface area contributed by atoms with Crippen LogP contribution in [0.1, 0.15) is 26.7 Å². The lowest BCUT2D eigenvalue weighted by Gasteiger charge is -2.15. The number of amides is 2. The first-order valence-corrected chi connectivity index (χ1v) is 7.35. The van der Waals surface area contributed by atoms with E-state index < -0.39 is 6.04 Å². The second kappa shape index (κ2) is 12.6. The summed E-state index contributed by atoms with van der Waals surface area (Å²) in [4.78, 5) is 23.0. The molecule has 0 aromatic rings. The molecule has 0 radical (unpaired) electrons. The standard InChI is InChI=1S/C14H29N3O4/c1-11(2)13(15)14(19)17-10-12(18)16-6-4-5-7-21-9-8-20-3/h11,13H,4-10,15H2,1-3H3,(H,16,18)(H,17,19)/t13-/m0/s1. The van der Waals surface area contributed by atoms with Crippen molar-refractivity contribution in [3.63, 3.8) is 0 Å². The SMILES string of the molecule is COCCOCCCCNC(=O)CNC(=O)[C@@H](N)C(C)C. The van der Waals surface area contributed by atoms with Gasteiger partial charge in [-0.3, -0.25) is 9.59 Å². The van der Waals surface area contributed by atoms with Crippen LogP contribution in [0.15, 0.2) is 0 Å². The predicted octanol–water partition coefficient (Wildman–Crippen LogP) is -0.355. The van der Waals surface area contributed by atoms with Crippen LogP contribution in [-0.2, 0) is 19.1 Å². The number of nitrogens with two attached hydrogens (primary N) is 1. The molecule has 0 aliphatic heterocycles. The highest BCUT2D eigenvalue weighted by Crippen LogP contribution is 1.97. The van der Waals surface area contributed by atoms with E-state index >= 15 is 0 Å². The van der Waals surface area contributed by atoms with Gasteiger partial charge in [0.1, 0.15) is 0 Å². The summed E-state index contributed by atoms with van der Waals surface area (Å²) in [5.74, 6) is -0.461. The van der Waals surface area contributed by atoms with Crippen molar-refractivity contribution in [3.05, 3.63) is 0 Å². The van der Waals surface area contributed by atoms with Gasteiger partial charge >= 0.3 is 0 Å². The Morgan fingerprint density at radius 1 is 1.10 bits per heavy atom. The Hall–Kier alpha value is -1.18. The van der Waals surface area contributed by atoms with Crippen molar-refractivity contribution in [1.82, 2.24) is 10.6 Å². The van der Waals surface area contributed by atoms with E-state index in [2.05, 4.69) is 10.6 Å². The van der Waals surface area contributed by atoms with Gasteiger partial charge in [-0.25, -0.2) is 0 Å². The van der Waals surface area contributed by atoms with Crippen molar-refractivity contribution in [1.29, 1.82) is 0 Å². The van der Waals surface area contributed by atoms with Crippen LogP contribution in [0.3, 0.4) is 0 Å². The molecule has 0 saturated carbocycles. The first-order chi connectivity index (χ1) is 9.99. The topological polar surface area (TPSA) is 103 Å². The molecule has 7 heteroatoms. The Labute approximate surface area is 126 Å². The molecule has 21 heavy (non-hydrogen) atoms. The third kappa shape index (κ3) is 11.2. The molecule has 0 spiro atoms. The van der Waals surface area contributed by atoms with Crippen LogP contribution in [0.5, 0.6) is 0 Å². The first kappa shape index (κ1) is 19.8. The van der Waals surface area contributed by atoms with Crippen LogP contribution < -0.4 is 16.4 Å². The maximum absolute atomic E-state index is 11.5. The van der Waals surface area contributed by atoms with Crippen molar-refractivity contribution >= 4 is 11.8 Å². The Balaban J connectivity index is 3.49. The van der Waals surface area contributed by atoms with Gasteiger partial charge in [-0.05, 0) is 18.8 Å². The molecule has 0 heterocycles. The minimum Gasteiger partial charge on any atom is -0.382 e. The first-order valence-electron chi connectivity index (χ1n) is 7.35. The normalized spacial score (nSPS) is 12.2. The van der Waals surface area contributed by atoms with Crippen LogP contribution in [0.4, 0.5) is 0 Å². The second-order valence-electron chi connectivity index (χ2n) is 5.15. The number of unbranched alkanes of at least 4 members (excludes halogenated alkanes) is 1. The number of ether oxygens (including phenoxy) is 2. The van der Waals surface area contributed by atoms with Crippen LogP contribution >= 0.6 is 0 Å². The van der Waals surface area contributed by atoms with Crippen molar-refractivity contribution in [2.24, 2.45) is 11.7 Å². The highest BCUT2D eigenvalue weighted by atomic mass is 16.5.